The smallest absolute Gasteiger partial charge is 0.239 e. The van der Waals surface area contributed by atoms with Gasteiger partial charge in [-0.15, -0.1) is 0 Å². The molecule has 3 rings (SSSR count). The molecule has 1 aliphatic carbocycles. The number of rotatable bonds is 8. The van der Waals surface area contributed by atoms with Crippen LogP contribution in [-0.4, -0.2) is 40.1 Å². The molecule has 0 saturated heterocycles. The van der Waals surface area contributed by atoms with E-state index in [9.17, 15) is 19.8 Å². The second kappa shape index (κ2) is 9.87. The number of hydrogen-bond acceptors (Lipinski definition) is 4. The number of nitrogens with two attached hydrogens (primary N) is 1. The molecule has 2 aromatic carbocycles. The summed E-state index contributed by atoms with van der Waals surface area (Å²) < 4.78 is 0. The minimum atomic E-state index is -1.32. The number of amides is 2. The first-order valence-corrected chi connectivity index (χ1v) is 10.5. The Bertz CT molecular complexity index is 787. The van der Waals surface area contributed by atoms with Crippen LogP contribution in [0.25, 0.3) is 0 Å². The maximum Gasteiger partial charge on any atom is 0.239 e. The third kappa shape index (κ3) is 4.25. The van der Waals surface area contributed by atoms with Gasteiger partial charge in [0.25, 0.3) is 0 Å². The van der Waals surface area contributed by atoms with E-state index in [1.165, 1.54) is 4.90 Å². The van der Waals surface area contributed by atoms with E-state index >= 15 is 0 Å². The van der Waals surface area contributed by atoms with Gasteiger partial charge in [0.1, 0.15) is 5.41 Å². The van der Waals surface area contributed by atoms with E-state index in [1.54, 1.807) is 0 Å². The molecule has 2 aromatic rings. The van der Waals surface area contributed by atoms with Gasteiger partial charge in [0, 0.05) is 0 Å². The first-order valence-electron chi connectivity index (χ1n) is 10.5. The van der Waals surface area contributed by atoms with Gasteiger partial charge in [-0.2, -0.15) is 0 Å². The van der Waals surface area contributed by atoms with Crippen LogP contribution in [0, 0.1) is 5.41 Å². The molecule has 2 amide bonds. The lowest BCUT2D eigenvalue weighted by atomic mass is 9.71. The van der Waals surface area contributed by atoms with Crippen LogP contribution in [0.4, 0.5) is 0 Å². The fourth-order valence-electron chi connectivity index (χ4n) is 4.53. The molecule has 2 unspecified atom stereocenters. The molecular formula is C24H30N2O4. The number of carbonyl (C=O) groups is 2. The highest BCUT2D eigenvalue weighted by atomic mass is 16.3. The fraction of sp³-hybridized carbons (Fsp3) is 0.417. The lowest BCUT2D eigenvalue weighted by molar-refractivity contribution is -0.158. The summed E-state index contributed by atoms with van der Waals surface area (Å²) in [5.74, 6) is -1.05. The standard InChI is InChI=1S/C24H30N2O4/c25-22(29)24(14-8-3-9-15-24)23(30)26(20(16-27)18-10-4-1-5-11-18)21(17-28)19-12-6-2-7-13-19/h1-2,4-7,10-13,20-21,27-28H,3,8-9,14-17H2,(H2,25,29). The molecule has 0 aromatic heterocycles. The molecule has 0 radical (unpaired) electrons. The minimum absolute atomic E-state index is 0.339. The van der Waals surface area contributed by atoms with Crippen LogP contribution in [0.3, 0.4) is 0 Å². The number of aliphatic hydroxyl groups excluding tert-OH is 2. The highest BCUT2D eigenvalue weighted by Gasteiger charge is 2.50. The number of aliphatic hydroxyl groups is 2. The van der Waals surface area contributed by atoms with Gasteiger partial charge in [0.05, 0.1) is 25.3 Å². The van der Waals surface area contributed by atoms with Crippen molar-refractivity contribution in [2.24, 2.45) is 11.1 Å². The van der Waals surface area contributed by atoms with E-state index < -0.39 is 29.3 Å². The third-order valence-corrected chi connectivity index (χ3v) is 6.21. The van der Waals surface area contributed by atoms with E-state index in [0.717, 1.165) is 30.4 Å². The zero-order chi connectivity index (χ0) is 21.6. The number of primary amides is 1. The van der Waals surface area contributed by atoms with E-state index in [4.69, 9.17) is 5.73 Å². The molecule has 1 aliphatic rings. The Morgan fingerprint density at radius 1 is 0.833 bits per heavy atom. The van der Waals surface area contributed by atoms with Crippen molar-refractivity contribution in [1.82, 2.24) is 4.90 Å². The Hall–Kier alpha value is -2.70. The predicted molar refractivity (Wildman–Crippen MR) is 114 cm³/mol. The van der Waals surface area contributed by atoms with Gasteiger partial charge in [-0.3, -0.25) is 9.59 Å². The Kier molecular flexibility index (Phi) is 7.24. The lowest BCUT2D eigenvalue weighted by Gasteiger charge is -2.44. The summed E-state index contributed by atoms with van der Waals surface area (Å²) in [4.78, 5) is 28.1. The van der Waals surface area contributed by atoms with Crippen LogP contribution in [0.5, 0.6) is 0 Å². The Morgan fingerprint density at radius 3 is 1.63 bits per heavy atom. The van der Waals surface area contributed by atoms with Gasteiger partial charge in [0.15, 0.2) is 0 Å². The van der Waals surface area contributed by atoms with Crippen LogP contribution in [0.1, 0.15) is 55.3 Å². The quantitative estimate of drug-likeness (QED) is 0.582. The molecule has 160 valence electrons. The zero-order valence-corrected chi connectivity index (χ0v) is 17.1. The van der Waals surface area contributed by atoms with Crippen molar-refractivity contribution >= 4 is 11.8 Å². The van der Waals surface area contributed by atoms with Crippen LogP contribution < -0.4 is 5.73 Å². The van der Waals surface area contributed by atoms with Gasteiger partial charge in [0.2, 0.25) is 11.8 Å². The van der Waals surface area contributed by atoms with Crippen LogP contribution in [0.2, 0.25) is 0 Å². The third-order valence-electron chi connectivity index (χ3n) is 6.21. The molecule has 6 nitrogen and oxygen atoms in total. The fourth-order valence-corrected chi connectivity index (χ4v) is 4.53. The van der Waals surface area contributed by atoms with Crippen LogP contribution in [0.15, 0.2) is 60.7 Å². The lowest BCUT2D eigenvalue weighted by Crippen LogP contribution is -2.55. The van der Waals surface area contributed by atoms with Gasteiger partial charge in [-0.05, 0) is 24.0 Å². The van der Waals surface area contributed by atoms with Crippen molar-refractivity contribution in [3.8, 4) is 0 Å². The summed E-state index contributed by atoms with van der Waals surface area (Å²) in [5.41, 5.74) is 5.94. The zero-order valence-electron chi connectivity index (χ0n) is 17.1. The molecule has 2 atom stereocenters. The second-order valence-corrected chi connectivity index (χ2v) is 7.94. The average molecular weight is 411 g/mol. The second-order valence-electron chi connectivity index (χ2n) is 7.94. The molecule has 30 heavy (non-hydrogen) atoms. The van der Waals surface area contributed by atoms with E-state index in [-0.39, 0.29) is 13.2 Å². The van der Waals surface area contributed by atoms with E-state index in [0.29, 0.717) is 12.8 Å². The van der Waals surface area contributed by atoms with Crippen LogP contribution >= 0.6 is 0 Å². The summed E-state index contributed by atoms with van der Waals surface area (Å²) in [6, 6.07) is 17.0. The number of benzene rings is 2. The van der Waals surface area contributed by atoms with Gasteiger partial charge >= 0.3 is 0 Å². The Balaban J connectivity index is 2.13. The molecule has 0 aliphatic heterocycles. The molecule has 0 spiro atoms. The number of carbonyl (C=O) groups excluding carboxylic acids is 2. The number of nitrogens with zero attached hydrogens (tertiary/aromatic N) is 1. The van der Waals surface area contributed by atoms with Crippen molar-refractivity contribution < 1.29 is 19.8 Å². The molecule has 0 heterocycles. The average Bonchev–Trinajstić information content (AvgIpc) is 2.80. The molecular weight excluding hydrogens is 380 g/mol. The molecule has 0 bridgehead atoms. The van der Waals surface area contributed by atoms with Crippen molar-refractivity contribution in [1.29, 1.82) is 0 Å². The predicted octanol–water partition coefficient (Wildman–Crippen LogP) is 2.72. The summed E-state index contributed by atoms with van der Waals surface area (Å²) >= 11 is 0. The molecule has 1 saturated carbocycles. The molecule has 6 heteroatoms. The summed E-state index contributed by atoms with van der Waals surface area (Å²) in [5, 5.41) is 20.6. The van der Waals surface area contributed by atoms with Gasteiger partial charge < -0.3 is 20.8 Å². The Labute approximate surface area is 177 Å². The maximum atomic E-state index is 14.0. The largest absolute Gasteiger partial charge is 0.394 e. The highest BCUT2D eigenvalue weighted by molar-refractivity contribution is 6.04. The van der Waals surface area contributed by atoms with Crippen molar-refractivity contribution in [2.45, 2.75) is 44.2 Å². The first-order chi connectivity index (χ1) is 14.5. The summed E-state index contributed by atoms with van der Waals surface area (Å²) in [7, 11) is 0. The Morgan fingerprint density at radius 2 is 1.27 bits per heavy atom. The van der Waals surface area contributed by atoms with Gasteiger partial charge in [-0.25, -0.2) is 0 Å². The minimum Gasteiger partial charge on any atom is -0.394 e. The van der Waals surface area contributed by atoms with E-state index in [1.807, 2.05) is 60.7 Å². The van der Waals surface area contributed by atoms with E-state index in [2.05, 4.69) is 0 Å². The van der Waals surface area contributed by atoms with Crippen LogP contribution in [-0.2, 0) is 9.59 Å². The highest BCUT2D eigenvalue weighted by Crippen LogP contribution is 2.42. The monoisotopic (exact) mass is 410 g/mol. The number of hydrogen-bond donors (Lipinski definition) is 3. The summed E-state index contributed by atoms with van der Waals surface area (Å²) in [6.07, 6.45) is 3.21. The SMILES string of the molecule is NC(=O)C1(C(=O)N(C(CO)c2ccccc2)C(CO)c2ccccc2)CCCCC1. The van der Waals surface area contributed by atoms with Crippen molar-refractivity contribution in [2.75, 3.05) is 13.2 Å². The maximum absolute atomic E-state index is 14.0. The molecule has 4 N–H and O–H groups in total. The van der Waals surface area contributed by atoms with Crippen molar-refractivity contribution in [3.05, 3.63) is 71.8 Å². The first kappa shape index (κ1) is 22.0. The molecule has 1 fully saturated rings. The summed E-state index contributed by atoms with van der Waals surface area (Å²) in [6.45, 7) is -0.679. The van der Waals surface area contributed by atoms with Gasteiger partial charge in [-0.1, -0.05) is 79.9 Å². The topological polar surface area (TPSA) is 104 Å². The van der Waals surface area contributed by atoms with Crippen molar-refractivity contribution in [3.63, 3.8) is 0 Å². The normalized spacial score (nSPS) is 17.7.